The standard InChI is InChI=1S/C26H19N3O5/c1-17-9-11-19(12-10-17)26(31)34-24-14-13-18-5-2-3-8-22(18)23(24)16-27-28-25(30)20-6-4-7-21(15-20)29(32)33/h2-16H,1H3,(H,28,30). The number of aryl methyl sites for hydroxylation is 1. The highest BCUT2D eigenvalue weighted by Gasteiger charge is 2.14. The summed E-state index contributed by atoms with van der Waals surface area (Å²) in [5.74, 6) is -0.860. The van der Waals surface area contributed by atoms with Crippen LogP contribution in [0, 0.1) is 17.0 Å². The van der Waals surface area contributed by atoms with Gasteiger partial charge in [-0.1, -0.05) is 54.1 Å². The van der Waals surface area contributed by atoms with Crippen molar-refractivity contribution in [3.8, 4) is 5.75 Å². The Kier molecular flexibility index (Phi) is 6.40. The van der Waals surface area contributed by atoms with Gasteiger partial charge in [-0.15, -0.1) is 0 Å². The van der Waals surface area contributed by atoms with Crippen LogP contribution >= 0.6 is 0 Å². The zero-order chi connectivity index (χ0) is 24.1. The predicted molar refractivity (Wildman–Crippen MR) is 128 cm³/mol. The number of nitrogens with zero attached hydrogens (tertiary/aromatic N) is 2. The number of hydrogen-bond donors (Lipinski definition) is 1. The number of ether oxygens (including phenoxy) is 1. The van der Waals surface area contributed by atoms with E-state index in [0.29, 0.717) is 11.1 Å². The van der Waals surface area contributed by atoms with Gasteiger partial charge in [0.2, 0.25) is 0 Å². The van der Waals surface area contributed by atoms with Gasteiger partial charge in [0.15, 0.2) is 0 Å². The van der Waals surface area contributed by atoms with E-state index in [0.717, 1.165) is 22.4 Å². The van der Waals surface area contributed by atoms with Crippen molar-refractivity contribution in [3.63, 3.8) is 0 Å². The molecule has 0 bridgehead atoms. The lowest BCUT2D eigenvalue weighted by molar-refractivity contribution is -0.384. The topological polar surface area (TPSA) is 111 Å². The van der Waals surface area contributed by atoms with E-state index in [-0.39, 0.29) is 17.0 Å². The van der Waals surface area contributed by atoms with E-state index in [1.807, 2.05) is 49.4 Å². The number of nitro benzene ring substituents is 1. The second-order valence-corrected chi connectivity index (χ2v) is 7.46. The highest BCUT2D eigenvalue weighted by atomic mass is 16.6. The third-order valence-electron chi connectivity index (χ3n) is 5.10. The summed E-state index contributed by atoms with van der Waals surface area (Å²) in [6, 6.07) is 23.3. The largest absolute Gasteiger partial charge is 0.422 e. The van der Waals surface area contributed by atoms with E-state index in [2.05, 4.69) is 10.5 Å². The molecule has 0 aliphatic heterocycles. The number of carbonyl (C=O) groups excluding carboxylic acids is 2. The van der Waals surface area contributed by atoms with Crippen LogP contribution in [0.2, 0.25) is 0 Å². The number of nitro groups is 1. The molecule has 4 aromatic carbocycles. The van der Waals surface area contributed by atoms with Crippen LogP contribution in [0.3, 0.4) is 0 Å². The maximum Gasteiger partial charge on any atom is 0.343 e. The molecule has 0 aliphatic carbocycles. The first-order valence-electron chi connectivity index (χ1n) is 10.3. The van der Waals surface area contributed by atoms with Crippen LogP contribution in [0.25, 0.3) is 10.8 Å². The zero-order valence-electron chi connectivity index (χ0n) is 18.1. The average Bonchev–Trinajstić information content (AvgIpc) is 2.85. The lowest BCUT2D eigenvalue weighted by Gasteiger charge is -2.11. The van der Waals surface area contributed by atoms with Crippen molar-refractivity contribution in [1.82, 2.24) is 5.43 Å². The molecule has 34 heavy (non-hydrogen) atoms. The summed E-state index contributed by atoms with van der Waals surface area (Å²) in [6.45, 7) is 1.93. The molecule has 0 unspecified atom stereocenters. The first kappa shape index (κ1) is 22.3. The Bertz CT molecular complexity index is 1430. The maximum absolute atomic E-state index is 12.7. The molecule has 0 saturated heterocycles. The average molecular weight is 453 g/mol. The van der Waals surface area contributed by atoms with Gasteiger partial charge in [0.1, 0.15) is 5.75 Å². The van der Waals surface area contributed by atoms with E-state index in [4.69, 9.17) is 4.74 Å². The van der Waals surface area contributed by atoms with Gasteiger partial charge in [-0.3, -0.25) is 14.9 Å². The molecule has 0 radical (unpaired) electrons. The van der Waals surface area contributed by atoms with Gasteiger partial charge >= 0.3 is 5.97 Å². The fraction of sp³-hybridized carbons (Fsp3) is 0.0385. The summed E-state index contributed by atoms with van der Waals surface area (Å²) in [5, 5.41) is 16.6. The Labute approximate surface area is 194 Å². The van der Waals surface area contributed by atoms with Crippen LogP contribution in [0.5, 0.6) is 5.75 Å². The fourth-order valence-electron chi connectivity index (χ4n) is 3.33. The van der Waals surface area contributed by atoms with Gasteiger partial charge in [0.05, 0.1) is 16.7 Å². The molecule has 1 amide bonds. The maximum atomic E-state index is 12.7. The number of amides is 1. The van der Waals surface area contributed by atoms with Crippen molar-refractivity contribution >= 4 is 34.6 Å². The Hall–Kier alpha value is -4.85. The number of fused-ring (bicyclic) bond motifs is 1. The van der Waals surface area contributed by atoms with Crippen molar-refractivity contribution in [2.24, 2.45) is 5.10 Å². The van der Waals surface area contributed by atoms with Crippen molar-refractivity contribution in [3.05, 3.63) is 117 Å². The van der Waals surface area contributed by atoms with Crippen molar-refractivity contribution in [2.45, 2.75) is 6.92 Å². The highest BCUT2D eigenvalue weighted by molar-refractivity contribution is 6.04. The molecule has 8 nitrogen and oxygen atoms in total. The molecule has 168 valence electrons. The highest BCUT2D eigenvalue weighted by Crippen LogP contribution is 2.27. The minimum absolute atomic E-state index is 0.0929. The first-order chi connectivity index (χ1) is 16.4. The number of hydrazone groups is 1. The third-order valence-corrected chi connectivity index (χ3v) is 5.10. The van der Waals surface area contributed by atoms with Crippen LogP contribution in [-0.2, 0) is 0 Å². The number of rotatable bonds is 6. The number of carbonyl (C=O) groups is 2. The van der Waals surface area contributed by atoms with E-state index in [9.17, 15) is 19.7 Å². The first-order valence-corrected chi connectivity index (χ1v) is 10.3. The van der Waals surface area contributed by atoms with E-state index >= 15 is 0 Å². The lowest BCUT2D eigenvalue weighted by Crippen LogP contribution is -2.18. The van der Waals surface area contributed by atoms with Crippen LogP contribution < -0.4 is 10.2 Å². The molecule has 0 fully saturated rings. The minimum atomic E-state index is -0.613. The quantitative estimate of drug-likeness (QED) is 0.145. The molecule has 0 heterocycles. The minimum Gasteiger partial charge on any atom is -0.422 e. The molecule has 4 aromatic rings. The monoisotopic (exact) mass is 453 g/mol. The molecule has 0 spiro atoms. The normalized spacial score (nSPS) is 10.9. The Morgan fingerprint density at radius 1 is 0.941 bits per heavy atom. The van der Waals surface area contributed by atoms with E-state index < -0.39 is 16.8 Å². The predicted octanol–water partition coefficient (Wildman–Crippen LogP) is 5.04. The van der Waals surface area contributed by atoms with Gasteiger partial charge in [-0.25, -0.2) is 10.2 Å². The van der Waals surface area contributed by atoms with Crippen LogP contribution in [0.1, 0.15) is 31.8 Å². The second kappa shape index (κ2) is 9.74. The smallest absolute Gasteiger partial charge is 0.343 e. The number of esters is 1. The molecule has 1 N–H and O–H groups in total. The van der Waals surface area contributed by atoms with Gasteiger partial charge in [-0.05, 0) is 42.0 Å². The van der Waals surface area contributed by atoms with Gasteiger partial charge in [-0.2, -0.15) is 5.10 Å². The number of hydrogen-bond acceptors (Lipinski definition) is 6. The summed E-state index contributed by atoms with van der Waals surface area (Å²) < 4.78 is 5.65. The Balaban J connectivity index is 1.61. The molecule has 0 aromatic heterocycles. The van der Waals surface area contributed by atoms with Gasteiger partial charge < -0.3 is 4.74 Å². The lowest BCUT2D eigenvalue weighted by atomic mass is 10.0. The summed E-state index contributed by atoms with van der Waals surface area (Å²) in [6.07, 6.45) is 1.38. The molecular formula is C26H19N3O5. The zero-order valence-corrected chi connectivity index (χ0v) is 18.1. The fourth-order valence-corrected chi connectivity index (χ4v) is 3.33. The molecule has 4 rings (SSSR count). The van der Waals surface area contributed by atoms with E-state index in [1.54, 1.807) is 18.2 Å². The van der Waals surface area contributed by atoms with Gasteiger partial charge in [0, 0.05) is 23.3 Å². The Morgan fingerprint density at radius 3 is 2.47 bits per heavy atom. The van der Waals surface area contributed by atoms with Gasteiger partial charge in [0.25, 0.3) is 11.6 Å². The van der Waals surface area contributed by atoms with Crippen molar-refractivity contribution in [2.75, 3.05) is 0 Å². The Morgan fingerprint density at radius 2 is 1.71 bits per heavy atom. The van der Waals surface area contributed by atoms with Crippen molar-refractivity contribution < 1.29 is 19.2 Å². The van der Waals surface area contributed by atoms with Crippen LogP contribution in [0.4, 0.5) is 5.69 Å². The SMILES string of the molecule is Cc1ccc(C(=O)Oc2ccc3ccccc3c2C=NNC(=O)c2cccc([N+](=O)[O-])c2)cc1. The van der Waals surface area contributed by atoms with Crippen LogP contribution in [0.15, 0.2) is 90.0 Å². The van der Waals surface area contributed by atoms with Crippen LogP contribution in [-0.4, -0.2) is 23.0 Å². The summed E-state index contributed by atoms with van der Waals surface area (Å²) >= 11 is 0. The number of benzene rings is 4. The van der Waals surface area contributed by atoms with E-state index in [1.165, 1.54) is 24.4 Å². The molecular weight excluding hydrogens is 434 g/mol. The van der Waals surface area contributed by atoms with Crippen molar-refractivity contribution in [1.29, 1.82) is 0 Å². The molecule has 8 heteroatoms. The molecule has 0 saturated carbocycles. The number of non-ortho nitro benzene ring substituents is 1. The summed E-state index contributed by atoms with van der Waals surface area (Å²) in [5.41, 5.74) is 4.18. The summed E-state index contributed by atoms with van der Waals surface area (Å²) in [7, 11) is 0. The number of nitrogens with one attached hydrogen (secondary N) is 1. The molecule has 0 aliphatic rings. The summed E-state index contributed by atoms with van der Waals surface area (Å²) in [4.78, 5) is 35.5. The third kappa shape index (κ3) is 4.97. The molecule has 0 atom stereocenters. The second-order valence-electron chi connectivity index (χ2n) is 7.46.